The molecule has 1 heteroatoms. The van der Waals surface area contributed by atoms with Crippen LogP contribution in [0, 0.1) is 5.92 Å². The zero-order chi connectivity index (χ0) is 15.1. The van der Waals surface area contributed by atoms with Crippen molar-refractivity contribution in [3.63, 3.8) is 0 Å². The van der Waals surface area contributed by atoms with Gasteiger partial charge in [-0.15, -0.1) is 0 Å². The molecule has 0 spiro atoms. The van der Waals surface area contributed by atoms with Gasteiger partial charge in [-0.3, -0.25) is 4.79 Å². The summed E-state index contributed by atoms with van der Waals surface area (Å²) >= 11 is 0. The number of ketones is 1. The quantitative estimate of drug-likeness (QED) is 0.608. The second kappa shape index (κ2) is 8.17. The molecule has 0 amide bonds. The van der Waals surface area contributed by atoms with E-state index >= 15 is 0 Å². The van der Waals surface area contributed by atoms with E-state index in [1.807, 2.05) is 13.0 Å². The molecule has 1 saturated carbocycles. The Morgan fingerprint density at radius 1 is 1.10 bits per heavy atom. The maximum Gasteiger partial charge on any atom is 0.155 e. The lowest BCUT2D eigenvalue weighted by Gasteiger charge is -2.28. The van der Waals surface area contributed by atoms with Crippen molar-refractivity contribution in [3.8, 4) is 0 Å². The van der Waals surface area contributed by atoms with Crippen LogP contribution in [0.3, 0.4) is 0 Å². The Kier molecular flexibility index (Phi) is 6.22. The summed E-state index contributed by atoms with van der Waals surface area (Å²) in [6.07, 6.45) is 12.4. The molecule has 0 heterocycles. The number of hydrogen-bond donors (Lipinski definition) is 0. The standard InChI is InChI=1S/C20H28O/c1-3-5-16-6-11-18(12-7-16)19-13-8-17(9-14-19)10-15-20(21)4-2/h8-10,13-16,18H,3-7,11-12H2,1-2H3. The summed E-state index contributed by atoms with van der Waals surface area (Å²) in [5.74, 6) is 1.90. The van der Waals surface area contributed by atoms with Gasteiger partial charge in [0.2, 0.25) is 0 Å². The fraction of sp³-hybridized carbons (Fsp3) is 0.550. The lowest BCUT2D eigenvalue weighted by Crippen LogP contribution is -2.13. The van der Waals surface area contributed by atoms with E-state index < -0.39 is 0 Å². The summed E-state index contributed by atoms with van der Waals surface area (Å²) in [6, 6.07) is 8.79. The highest BCUT2D eigenvalue weighted by Gasteiger charge is 2.21. The van der Waals surface area contributed by atoms with E-state index in [2.05, 4.69) is 31.2 Å². The maximum atomic E-state index is 11.3. The molecule has 1 nitrogen and oxygen atoms in total. The first-order valence-corrected chi connectivity index (χ1v) is 8.53. The highest BCUT2D eigenvalue weighted by Crippen LogP contribution is 2.37. The van der Waals surface area contributed by atoms with Gasteiger partial charge in [0.1, 0.15) is 0 Å². The van der Waals surface area contributed by atoms with Gasteiger partial charge in [0.25, 0.3) is 0 Å². The molecule has 114 valence electrons. The van der Waals surface area contributed by atoms with Crippen molar-refractivity contribution in [2.45, 2.75) is 64.7 Å². The van der Waals surface area contributed by atoms with Gasteiger partial charge in [0.05, 0.1) is 0 Å². The smallest absolute Gasteiger partial charge is 0.155 e. The Morgan fingerprint density at radius 2 is 1.76 bits per heavy atom. The molecule has 2 rings (SSSR count). The number of carbonyl (C=O) groups is 1. The van der Waals surface area contributed by atoms with E-state index in [1.54, 1.807) is 6.08 Å². The van der Waals surface area contributed by atoms with Gasteiger partial charge in [0.15, 0.2) is 5.78 Å². The summed E-state index contributed by atoms with van der Waals surface area (Å²) in [6.45, 7) is 4.19. The van der Waals surface area contributed by atoms with Crippen molar-refractivity contribution in [2.24, 2.45) is 5.92 Å². The lowest BCUT2D eigenvalue weighted by molar-refractivity contribution is -0.114. The van der Waals surface area contributed by atoms with Gasteiger partial charge in [-0.1, -0.05) is 57.0 Å². The number of carbonyl (C=O) groups excluding carboxylic acids is 1. The molecule has 1 aromatic rings. The molecule has 0 saturated heterocycles. The minimum absolute atomic E-state index is 0.188. The first-order valence-electron chi connectivity index (χ1n) is 8.53. The van der Waals surface area contributed by atoms with E-state index in [-0.39, 0.29) is 5.78 Å². The van der Waals surface area contributed by atoms with Crippen LogP contribution in [0.1, 0.15) is 75.8 Å². The van der Waals surface area contributed by atoms with Gasteiger partial charge in [-0.05, 0) is 54.7 Å². The predicted octanol–water partition coefficient (Wildman–Crippen LogP) is 5.75. The van der Waals surface area contributed by atoms with Crippen molar-refractivity contribution in [1.82, 2.24) is 0 Å². The molecule has 0 unspecified atom stereocenters. The van der Waals surface area contributed by atoms with Gasteiger partial charge in [-0.25, -0.2) is 0 Å². The molecule has 21 heavy (non-hydrogen) atoms. The highest BCUT2D eigenvalue weighted by atomic mass is 16.1. The first kappa shape index (κ1) is 16.0. The van der Waals surface area contributed by atoms with Crippen LogP contribution in [0.2, 0.25) is 0 Å². The molecule has 0 aromatic heterocycles. The van der Waals surface area contributed by atoms with Gasteiger partial charge >= 0.3 is 0 Å². The van der Waals surface area contributed by atoms with E-state index in [4.69, 9.17) is 0 Å². The summed E-state index contributed by atoms with van der Waals surface area (Å²) in [4.78, 5) is 11.3. The van der Waals surface area contributed by atoms with Crippen molar-refractivity contribution >= 4 is 11.9 Å². The molecular weight excluding hydrogens is 256 g/mol. The highest BCUT2D eigenvalue weighted by molar-refractivity contribution is 5.93. The first-order chi connectivity index (χ1) is 10.2. The second-order valence-corrected chi connectivity index (χ2v) is 6.33. The van der Waals surface area contributed by atoms with Crippen molar-refractivity contribution in [2.75, 3.05) is 0 Å². The molecule has 0 atom stereocenters. The van der Waals surface area contributed by atoms with Gasteiger partial charge < -0.3 is 0 Å². The molecule has 1 aromatic carbocycles. The topological polar surface area (TPSA) is 17.1 Å². The summed E-state index contributed by atoms with van der Waals surface area (Å²) in [5, 5.41) is 0. The number of rotatable bonds is 6. The Labute approximate surface area is 129 Å². The fourth-order valence-corrected chi connectivity index (χ4v) is 3.38. The van der Waals surface area contributed by atoms with Gasteiger partial charge in [0, 0.05) is 6.42 Å². The summed E-state index contributed by atoms with van der Waals surface area (Å²) in [5.41, 5.74) is 2.60. The van der Waals surface area contributed by atoms with Crippen LogP contribution in [-0.4, -0.2) is 5.78 Å². The SMILES string of the molecule is CCCC1CCC(c2ccc(C=CC(=O)CC)cc2)CC1. The fourth-order valence-electron chi connectivity index (χ4n) is 3.38. The Bertz CT molecular complexity index is 461. The van der Waals surface area contributed by atoms with Crippen LogP contribution < -0.4 is 0 Å². The van der Waals surface area contributed by atoms with Crippen LogP contribution >= 0.6 is 0 Å². The summed E-state index contributed by atoms with van der Waals surface area (Å²) < 4.78 is 0. The Hall–Kier alpha value is -1.37. The van der Waals surface area contributed by atoms with Crippen LogP contribution in [0.25, 0.3) is 6.08 Å². The van der Waals surface area contributed by atoms with E-state index in [9.17, 15) is 4.79 Å². The van der Waals surface area contributed by atoms with Crippen LogP contribution in [-0.2, 0) is 4.79 Å². The zero-order valence-electron chi connectivity index (χ0n) is 13.5. The van der Waals surface area contributed by atoms with E-state index in [0.717, 1.165) is 17.4 Å². The molecule has 1 fully saturated rings. The van der Waals surface area contributed by atoms with Crippen LogP contribution in [0.15, 0.2) is 30.3 Å². The maximum absolute atomic E-state index is 11.3. The van der Waals surface area contributed by atoms with Crippen molar-refractivity contribution in [1.29, 1.82) is 0 Å². The molecule has 0 aliphatic heterocycles. The van der Waals surface area contributed by atoms with E-state index in [0.29, 0.717) is 6.42 Å². The molecule has 0 N–H and O–H groups in total. The van der Waals surface area contributed by atoms with Crippen LogP contribution in [0.5, 0.6) is 0 Å². The number of allylic oxidation sites excluding steroid dienone is 1. The molecule has 0 bridgehead atoms. The molecular formula is C20H28O. The molecule has 1 aliphatic rings. The predicted molar refractivity (Wildman–Crippen MR) is 90.4 cm³/mol. The average Bonchev–Trinajstić information content (AvgIpc) is 2.54. The Balaban J connectivity index is 1.91. The minimum Gasteiger partial charge on any atom is -0.295 e. The number of hydrogen-bond acceptors (Lipinski definition) is 1. The monoisotopic (exact) mass is 284 g/mol. The normalized spacial score (nSPS) is 22.6. The zero-order valence-corrected chi connectivity index (χ0v) is 13.5. The third-order valence-electron chi connectivity index (χ3n) is 4.76. The minimum atomic E-state index is 0.188. The third-order valence-corrected chi connectivity index (χ3v) is 4.76. The van der Waals surface area contributed by atoms with Crippen molar-refractivity contribution < 1.29 is 4.79 Å². The van der Waals surface area contributed by atoms with Crippen LogP contribution in [0.4, 0.5) is 0 Å². The van der Waals surface area contributed by atoms with E-state index in [1.165, 1.54) is 44.1 Å². The average molecular weight is 284 g/mol. The molecule has 0 radical (unpaired) electrons. The number of benzene rings is 1. The van der Waals surface area contributed by atoms with Crippen molar-refractivity contribution in [3.05, 3.63) is 41.5 Å². The summed E-state index contributed by atoms with van der Waals surface area (Å²) in [7, 11) is 0. The lowest BCUT2D eigenvalue weighted by atomic mass is 9.77. The van der Waals surface area contributed by atoms with Gasteiger partial charge in [-0.2, -0.15) is 0 Å². The third kappa shape index (κ3) is 4.84. The second-order valence-electron chi connectivity index (χ2n) is 6.33. The Morgan fingerprint density at radius 3 is 2.33 bits per heavy atom. The largest absolute Gasteiger partial charge is 0.295 e. The molecule has 1 aliphatic carbocycles.